The third-order valence-electron chi connectivity index (χ3n) is 6.96. The van der Waals surface area contributed by atoms with Gasteiger partial charge in [0.1, 0.15) is 0 Å². The summed E-state index contributed by atoms with van der Waals surface area (Å²) in [5.41, 5.74) is -4.12. The summed E-state index contributed by atoms with van der Waals surface area (Å²) in [6, 6.07) is 16.4. The van der Waals surface area contributed by atoms with Crippen LogP contribution in [0.4, 0.5) is 0 Å². The molecule has 160 valence electrons. The van der Waals surface area contributed by atoms with Crippen molar-refractivity contribution >= 4 is 39.4 Å². The molecule has 1 saturated carbocycles. The van der Waals surface area contributed by atoms with E-state index in [0.717, 1.165) is 22.6 Å². The Hall–Kier alpha value is -2.12. The molecule has 2 rings (SSSR count). The van der Waals surface area contributed by atoms with Gasteiger partial charge in [-0.3, -0.25) is 0 Å². The van der Waals surface area contributed by atoms with Crippen molar-refractivity contribution in [2.45, 2.75) is 49.3 Å². The summed E-state index contributed by atoms with van der Waals surface area (Å²) in [5.74, 6) is -1.65. The van der Waals surface area contributed by atoms with E-state index in [-0.39, 0.29) is 15.0 Å². The first-order valence-corrected chi connectivity index (χ1v) is 14.6. The summed E-state index contributed by atoms with van der Waals surface area (Å²) in [5, 5.41) is 20.5. The Morgan fingerprint density at radius 2 is 1.47 bits per heavy atom. The zero-order valence-corrected chi connectivity index (χ0v) is 20.8. The molecule has 2 atom stereocenters. The van der Waals surface area contributed by atoms with E-state index in [1.165, 1.54) is 14.2 Å². The molecule has 0 radical (unpaired) electrons. The summed E-state index contributed by atoms with van der Waals surface area (Å²) >= 11 is -0.277. The van der Waals surface area contributed by atoms with E-state index in [0.29, 0.717) is 0 Å². The number of nitriles is 2. The molecule has 30 heavy (non-hydrogen) atoms. The van der Waals surface area contributed by atoms with Crippen LogP contribution in [0.3, 0.4) is 0 Å². The van der Waals surface area contributed by atoms with Crippen LogP contribution in [0.2, 0.25) is 28.5 Å². The van der Waals surface area contributed by atoms with E-state index in [4.69, 9.17) is 9.47 Å². The fraction of sp³-hybridized carbons (Fsp3) is 0.545. The molecule has 0 N–H and O–H groups in total. The minimum atomic E-state index is -2.25. The molecule has 8 heteroatoms. The number of esters is 2. The number of methoxy groups -OCH3 is 2. The summed E-state index contributed by atoms with van der Waals surface area (Å²) in [7, 11) is 0.147. The predicted octanol–water partition coefficient (Wildman–Crippen LogP) is 3.06. The van der Waals surface area contributed by atoms with Crippen molar-refractivity contribution in [2.75, 3.05) is 14.2 Å². The number of benzene rings is 1. The standard InChI is InChI=1S/C22H28N2O4SeSi/c1-6-30(7-2,8-3)18-17(29-16-12-10-9-11-13-16)21(14-23,15-24)22(18,19(25)27-4)20(26)28-5/h9-13,17-18H,6-8H2,1-5H3/t17-,18-/m1/s1. The van der Waals surface area contributed by atoms with Crippen LogP contribution < -0.4 is 4.46 Å². The number of hydrogen-bond donors (Lipinski definition) is 0. The van der Waals surface area contributed by atoms with Gasteiger partial charge >= 0.3 is 186 Å². The monoisotopic (exact) mass is 492 g/mol. The quantitative estimate of drug-likeness (QED) is 0.315. The van der Waals surface area contributed by atoms with Crippen molar-refractivity contribution in [1.29, 1.82) is 10.5 Å². The van der Waals surface area contributed by atoms with Gasteiger partial charge in [0.05, 0.1) is 0 Å². The van der Waals surface area contributed by atoms with Crippen LogP contribution >= 0.6 is 0 Å². The topological polar surface area (TPSA) is 100 Å². The van der Waals surface area contributed by atoms with E-state index in [2.05, 4.69) is 32.9 Å². The maximum absolute atomic E-state index is 13.3. The number of carbonyl (C=O) groups is 2. The molecule has 0 spiro atoms. The molecule has 1 aliphatic carbocycles. The molecule has 0 heterocycles. The minimum absolute atomic E-state index is 0.277. The summed E-state index contributed by atoms with van der Waals surface area (Å²) in [6.07, 6.45) is 0. The number of hydrogen-bond acceptors (Lipinski definition) is 6. The van der Waals surface area contributed by atoms with Crippen molar-refractivity contribution in [3.63, 3.8) is 0 Å². The fourth-order valence-corrected chi connectivity index (χ4v) is 15.4. The van der Waals surface area contributed by atoms with Gasteiger partial charge in [-0.15, -0.1) is 0 Å². The summed E-state index contributed by atoms with van der Waals surface area (Å²) in [4.78, 5) is 26.1. The molecule has 0 amide bonds. The van der Waals surface area contributed by atoms with E-state index >= 15 is 0 Å². The van der Waals surface area contributed by atoms with Gasteiger partial charge in [0.25, 0.3) is 0 Å². The van der Waals surface area contributed by atoms with E-state index < -0.39 is 41.2 Å². The average molecular weight is 492 g/mol. The molecule has 6 nitrogen and oxygen atoms in total. The molecule has 0 aromatic heterocycles. The van der Waals surface area contributed by atoms with Gasteiger partial charge in [0.2, 0.25) is 0 Å². The Bertz CT molecular complexity index is 835. The van der Waals surface area contributed by atoms with Crippen LogP contribution in [0.25, 0.3) is 0 Å². The van der Waals surface area contributed by atoms with Gasteiger partial charge in [-0.05, 0) is 0 Å². The van der Waals surface area contributed by atoms with Crippen LogP contribution in [-0.2, 0) is 19.1 Å². The van der Waals surface area contributed by atoms with Crippen molar-refractivity contribution in [1.82, 2.24) is 0 Å². The van der Waals surface area contributed by atoms with Crippen LogP contribution in [0.1, 0.15) is 20.8 Å². The van der Waals surface area contributed by atoms with Gasteiger partial charge < -0.3 is 0 Å². The summed E-state index contributed by atoms with van der Waals surface area (Å²) in [6.45, 7) is 6.26. The first kappa shape index (κ1) is 24.1. The van der Waals surface area contributed by atoms with Crippen LogP contribution in [0, 0.1) is 33.5 Å². The first-order valence-electron chi connectivity index (χ1n) is 10.1. The van der Waals surface area contributed by atoms with Gasteiger partial charge in [0.15, 0.2) is 0 Å². The van der Waals surface area contributed by atoms with Gasteiger partial charge in [-0.25, -0.2) is 0 Å². The molecule has 1 aromatic rings. The summed E-state index contributed by atoms with van der Waals surface area (Å²) < 4.78 is 11.2. The molecule has 0 aliphatic heterocycles. The molecule has 1 aromatic carbocycles. The third-order valence-corrected chi connectivity index (χ3v) is 16.8. The van der Waals surface area contributed by atoms with Crippen molar-refractivity contribution < 1.29 is 19.1 Å². The van der Waals surface area contributed by atoms with E-state index in [1.54, 1.807) is 0 Å². The fourth-order valence-electron chi connectivity index (χ4n) is 5.15. The van der Waals surface area contributed by atoms with Crippen molar-refractivity contribution in [2.24, 2.45) is 10.8 Å². The van der Waals surface area contributed by atoms with E-state index in [9.17, 15) is 20.1 Å². The zero-order chi connectivity index (χ0) is 22.6. The number of nitrogens with zero attached hydrogens (tertiary/aromatic N) is 2. The molecular formula is C22H28N2O4SeSi. The second kappa shape index (κ2) is 9.35. The van der Waals surface area contributed by atoms with Crippen LogP contribution in [-0.4, -0.2) is 49.2 Å². The molecule has 0 saturated heterocycles. The maximum atomic E-state index is 13.3. The predicted molar refractivity (Wildman–Crippen MR) is 117 cm³/mol. The molecule has 1 fully saturated rings. The normalized spacial score (nSPS) is 21.4. The second-order valence-electron chi connectivity index (χ2n) is 7.58. The van der Waals surface area contributed by atoms with Crippen LogP contribution in [0.15, 0.2) is 30.3 Å². The van der Waals surface area contributed by atoms with Gasteiger partial charge in [-0.2, -0.15) is 0 Å². The van der Waals surface area contributed by atoms with Gasteiger partial charge in [-0.1, -0.05) is 0 Å². The Balaban J connectivity index is 2.86. The van der Waals surface area contributed by atoms with Crippen molar-refractivity contribution in [3.05, 3.63) is 30.3 Å². The SMILES string of the molecule is CC[Si](CC)(CC)[C@@H]1[C@@H]([Se]c2ccccc2)C(C#N)(C#N)C1(C(=O)OC)C(=O)OC. The molecule has 0 bridgehead atoms. The zero-order valence-electron chi connectivity index (χ0n) is 18.1. The molecular weight excluding hydrogens is 463 g/mol. The average Bonchev–Trinajstić information content (AvgIpc) is 2.80. The van der Waals surface area contributed by atoms with Crippen LogP contribution in [0.5, 0.6) is 0 Å². The second-order valence-corrected chi connectivity index (χ2v) is 15.6. The van der Waals surface area contributed by atoms with Crippen molar-refractivity contribution in [3.8, 4) is 12.1 Å². The number of ether oxygens (including phenoxy) is 2. The Morgan fingerprint density at radius 3 is 1.83 bits per heavy atom. The molecule has 1 aliphatic rings. The molecule has 0 unspecified atom stereocenters. The number of rotatable bonds is 8. The Labute approximate surface area is 185 Å². The third kappa shape index (κ3) is 3.10. The Morgan fingerprint density at radius 1 is 1.00 bits per heavy atom. The first-order chi connectivity index (χ1) is 14.3. The van der Waals surface area contributed by atoms with Gasteiger partial charge in [0, 0.05) is 0 Å². The van der Waals surface area contributed by atoms with E-state index in [1.807, 2.05) is 30.3 Å². The number of carbonyl (C=O) groups excluding carboxylic acids is 2. The Kier molecular flexibility index (Phi) is 7.52.